The second kappa shape index (κ2) is 17.9. The Morgan fingerprint density at radius 2 is 1.65 bits per heavy atom. The van der Waals surface area contributed by atoms with Gasteiger partial charge in [-0.2, -0.15) is 0 Å². The Morgan fingerprint density at radius 3 is 2.33 bits per heavy atom. The molecular formula is C32H40N8O9. The maximum absolute atomic E-state index is 13.2. The molecule has 0 fully saturated rings. The minimum atomic E-state index is -1.14. The highest BCUT2D eigenvalue weighted by Crippen LogP contribution is 2.19. The molecular weight excluding hydrogens is 640 g/mol. The van der Waals surface area contributed by atoms with Gasteiger partial charge >= 0.3 is 12.0 Å². The molecule has 0 bridgehead atoms. The van der Waals surface area contributed by atoms with E-state index in [0.717, 1.165) is 9.80 Å². The van der Waals surface area contributed by atoms with E-state index in [1.165, 1.54) is 38.3 Å². The second-order valence-corrected chi connectivity index (χ2v) is 11.3. The molecule has 2 heterocycles. The van der Waals surface area contributed by atoms with Gasteiger partial charge in [0.2, 0.25) is 17.7 Å². The Morgan fingerprint density at radius 1 is 0.939 bits per heavy atom. The number of nitrogens with two attached hydrogens (primary N) is 1. The van der Waals surface area contributed by atoms with Crippen molar-refractivity contribution in [2.24, 2.45) is 5.73 Å². The van der Waals surface area contributed by atoms with Gasteiger partial charge in [0.15, 0.2) is 0 Å². The van der Waals surface area contributed by atoms with Gasteiger partial charge in [0.05, 0.1) is 12.1 Å². The van der Waals surface area contributed by atoms with Crippen LogP contribution in [0.15, 0.2) is 42.5 Å². The number of benzene rings is 1. The largest absolute Gasteiger partial charge is 0.480 e. The van der Waals surface area contributed by atoms with Gasteiger partial charge in [-0.1, -0.05) is 6.42 Å². The van der Waals surface area contributed by atoms with E-state index in [1.54, 1.807) is 18.2 Å². The number of nitrogens with zero attached hydrogens (tertiary/aromatic N) is 3. The van der Waals surface area contributed by atoms with Crippen LogP contribution in [-0.4, -0.2) is 106 Å². The molecule has 3 rings (SSSR count). The number of carbonyl (C=O) groups excluding carboxylic acids is 7. The minimum Gasteiger partial charge on any atom is -0.480 e. The van der Waals surface area contributed by atoms with Gasteiger partial charge in [-0.3, -0.25) is 33.7 Å². The number of hydrogen-bond acceptors (Lipinski definition) is 9. The molecule has 1 unspecified atom stereocenters. The van der Waals surface area contributed by atoms with Gasteiger partial charge in [-0.15, -0.1) is 0 Å². The van der Waals surface area contributed by atoms with Crippen molar-refractivity contribution in [1.82, 2.24) is 30.7 Å². The molecule has 0 radical (unpaired) electrons. The third-order valence-corrected chi connectivity index (χ3v) is 7.70. The van der Waals surface area contributed by atoms with E-state index in [4.69, 9.17) is 5.73 Å². The van der Waals surface area contributed by atoms with Crippen LogP contribution in [0.5, 0.6) is 0 Å². The molecule has 2 atom stereocenters. The van der Waals surface area contributed by atoms with Crippen LogP contribution in [-0.2, 0) is 28.8 Å². The Labute approximate surface area is 281 Å². The van der Waals surface area contributed by atoms with Crippen LogP contribution < -0.4 is 27.0 Å². The van der Waals surface area contributed by atoms with Gasteiger partial charge in [0.1, 0.15) is 17.9 Å². The number of imide groups is 1. The van der Waals surface area contributed by atoms with Gasteiger partial charge in [-0.25, -0.2) is 14.6 Å². The molecule has 0 saturated carbocycles. The molecule has 1 aromatic heterocycles. The fourth-order valence-electron chi connectivity index (χ4n) is 4.77. The summed E-state index contributed by atoms with van der Waals surface area (Å²) in [4.78, 5) is 103. The number of hydrogen-bond donors (Lipinski definition) is 6. The number of amides is 8. The van der Waals surface area contributed by atoms with Gasteiger partial charge < -0.3 is 37.0 Å². The lowest BCUT2D eigenvalue weighted by Crippen LogP contribution is -2.47. The lowest BCUT2D eigenvalue weighted by molar-refractivity contribution is -0.141. The average molecular weight is 681 g/mol. The van der Waals surface area contributed by atoms with Crippen molar-refractivity contribution in [3.8, 4) is 0 Å². The Bertz CT molecular complexity index is 1630. The zero-order chi connectivity index (χ0) is 36.1. The zero-order valence-corrected chi connectivity index (χ0v) is 27.2. The van der Waals surface area contributed by atoms with Gasteiger partial charge in [-0.05, 0) is 62.9 Å². The average Bonchev–Trinajstić information content (AvgIpc) is 3.39. The molecule has 8 amide bonds. The van der Waals surface area contributed by atoms with Gasteiger partial charge in [0, 0.05) is 49.7 Å². The van der Waals surface area contributed by atoms with Crippen LogP contribution in [0.25, 0.3) is 10.9 Å². The maximum Gasteiger partial charge on any atom is 0.326 e. The summed E-state index contributed by atoms with van der Waals surface area (Å²) in [6.07, 6.45) is 4.55. The summed E-state index contributed by atoms with van der Waals surface area (Å²) in [7, 11) is 1.39. The molecule has 0 aliphatic carbocycles. The second-order valence-electron chi connectivity index (χ2n) is 11.3. The number of carbonyl (C=O) groups is 8. The highest BCUT2D eigenvalue weighted by molar-refractivity contribution is 6.12. The van der Waals surface area contributed by atoms with Crippen molar-refractivity contribution >= 4 is 64.2 Å². The monoisotopic (exact) mass is 680 g/mol. The van der Waals surface area contributed by atoms with Crippen LogP contribution in [0, 0.1) is 0 Å². The molecule has 1 aromatic carbocycles. The molecule has 1 aliphatic rings. The van der Waals surface area contributed by atoms with Crippen molar-refractivity contribution < 1.29 is 43.5 Å². The Hall–Kier alpha value is -5.87. The third-order valence-electron chi connectivity index (χ3n) is 7.70. The van der Waals surface area contributed by atoms with Crippen molar-refractivity contribution in [2.45, 2.75) is 57.5 Å². The summed E-state index contributed by atoms with van der Waals surface area (Å²) in [6, 6.07) is 4.90. The molecule has 0 spiro atoms. The smallest absolute Gasteiger partial charge is 0.326 e. The first-order valence-electron chi connectivity index (χ1n) is 15.6. The van der Waals surface area contributed by atoms with Crippen molar-refractivity contribution in [3.05, 3.63) is 48.0 Å². The number of carboxylic acids is 1. The normalized spacial score (nSPS) is 13.5. The number of primary amides is 1. The van der Waals surface area contributed by atoms with E-state index in [0.29, 0.717) is 30.2 Å². The number of unbranched alkanes of at least 4 members (excludes halogenated alkanes) is 2. The predicted molar refractivity (Wildman–Crippen MR) is 176 cm³/mol. The van der Waals surface area contributed by atoms with Gasteiger partial charge in [0.25, 0.3) is 17.7 Å². The van der Waals surface area contributed by atoms with Crippen LogP contribution in [0.3, 0.4) is 0 Å². The summed E-state index contributed by atoms with van der Waals surface area (Å²) in [5, 5.41) is 19.9. The van der Waals surface area contributed by atoms with Crippen LogP contribution in [0.1, 0.15) is 55.8 Å². The number of carboxylic acid groups (broad SMARTS) is 1. The minimum absolute atomic E-state index is 0.116. The predicted octanol–water partition coefficient (Wildman–Crippen LogP) is 0.253. The first-order valence-corrected chi connectivity index (χ1v) is 15.6. The molecule has 0 saturated heterocycles. The number of pyridine rings is 1. The van der Waals surface area contributed by atoms with E-state index in [9.17, 15) is 43.5 Å². The number of urea groups is 1. The highest BCUT2D eigenvalue weighted by Gasteiger charge is 2.25. The van der Waals surface area contributed by atoms with Crippen molar-refractivity contribution in [3.63, 3.8) is 0 Å². The third kappa shape index (κ3) is 11.4. The summed E-state index contributed by atoms with van der Waals surface area (Å²) >= 11 is 0. The molecule has 7 N–H and O–H groups in total. The standard InChI is InChI=1S/C32H40N8O9/c1-19(31(47)48)39(2)30(46)21-9-11-22-20(17-21)10-12-24(36-22)38-29(45)23(7-6-15-34-32(33)49)37-26(42)18-35-25(41)8-4-3-5-16-40-27(43)13-14-28(40)44/h9-14,17,19,23H,3-8,15-16,18H2,1-2H3,(H,35,41)(H,37,42)(H,47,48)(H3,33,34,49)(H,36,38,45)/t19-,23?/m0/s1. The van der Waals surface area contributed by atoms with Crippen LogP contribution >= 0.6 is 0 Å². The zero-order valence-electron chi connectivity index (χ0n) is 27.2. The number of nitrogens with one attached hydrogen (secondary N) is 4. The fourth-order valence-corrected chi connectivity index (χ4v) is 4.77. The number of anilines is 1. The van der Waals surface area contributed by atoms with E-state index in [-0.39, 0.29) is 68.0 Å². The highest BCUT2D eigenvalue weighted by atomic mass is 16.4. The molecule has 17 heteroatoms. The summed E-state index contributed by atoms with van der Waals surface area (Å²) in [5.41, 5.74) is 5.79. The molecule has 2 aromatic rings. The summed E-state index contributed by atoms with van der Waals surface area (Å²) < 4.78 is 0. The number of aromatic nitrogens is 1. The number of aliphatic carboxylic acids is 1. The van der Waals surface area contributed by atoms with E-state index in [1.807, 2.05) is 0 Å². The number of rotatable bonds is 18. The van der Waals surface area contributed by atoms with E-state index < -0.39 is 41.8 Å². The lowest BCUT2D eigenvalue weighted by atomic mass is 10.1. The number of likely N-dealkylation sites (N-methyl/N-ethyl adjacent to an activating group) is 1. The van der Waals surface area contributed by atoms with E-state index in [2.05, 4.69) is 26.3 Å². The Kier molecular flexibility index (Phi) is 13.7. The summed E-state index contributed by atoms with van der Waals surface area (Å²) in [5.74, 6) is -3.80. The fraction of sp³-hybridized carbons (Fsp3) is 0.406. The molecule has 49 heavy (non-hydrogen) atoms. The lowest BCUT2D eigenvalue weighted by Gasteiger charge is -2.21. The van der Waals surface area contributed by atoms with Crippen molar-refractivity contribution in [2.75, 3.05) is 32.0 Å². The summed E-state index contributed by atoms with van der Waals surface area (Å²) in [6.45, 7) is 1.42. The Balaban J connectivity index is 1.54. The topological polar surface area (TPSA) is 250 Å². The number of fused-ring (bicyclic) bond motifs is 1. The van der Waals surface area contributed by atoms with E-state index >= 15 is 0 Å². The quantitative estimate of drug-likeness (QED) is 0.0925. The molecule has 17 nitrogen and oxygen atoms in total. The molecule has 1 aliphatic heterocycles. The van der Waals surface area contributed by atoms with Crippen LogP contribution in [0.4, 0.5) is 10.6 Å². The van der Waals surface area contributed by atoms with Crippen LogP contribution in [0.2, 0.25) is 0 Å². The SMILES string of the molecule is C[C@@H](C(=O)O)N(C)C(=O)c1ccc2nc(NC(=O)C(CCCNC(N)=O)NC(=O)CNC(=O)CCCCCN3C(=O)C=CC3=O)ccc2c1. The first-order chi connectivity index (χ1) is 23.3. The van der Waals surface area contributed by atoms with Crippen molar-refractivity contribution in [1.29, 1.82) is 0 Å². The maximum atomic E-state index is 13.2. The molecule has 262 valence electrons. The first kappa shape index (κ1) is 37.6.